The lowest BCUT2D eigenvalue weighted by molar-refractivity contribution is 0.0322. The van der Waals surface area contributed by atoms with Gasteiger partial charge in [0.25, 0.3) is 0 Å². The van der Waals surface area contributed by atoms with Crippen LogP contribution in [0, 0.1) is 0 Å². The van der Waals surface area contributed by atoms with Crippen LogP contribution in [0.4, 0.5) is 0 Å². The van der Waals surface area contributed by atoms with Gasteiger partial charge in [-0.25, -0.2) is 0 Å². The van der Waals surface area contributed by atoms with Crippen LogP contribution in [0.5, 0.6) is 5.75 Å². The first kappa shape index (κ1) is 14.3. The summed E-state index contributed by atoms with van der Waals surface area (Å²) in [6, 6.07) is 8.43. The zero-order valence-electron chi connectivity index (χ0n) is 11.7. The number of hydrogen-bond acceptors (Lipinski definition) is 4. The van der Waals surface area contributed by atoms with E-state index < -0.39 is 0 Å². The van der Waals surface area contributed by atoms with Gasteiger partial charge in [-0.2, -0.15) is 0 Å². The van der Waals surface area contributed by atoms with Gasteiger partial charge in [-0.3, -0.25) is 4.90 Å². The second-order valence-corrected chi connectivity index (χ2v) is 5.13. The molecule has 0 aliphatic carbocycles. The van der Waals surface area contributed by atoms with E-state index in [9.17, 15) is 0 Å². The summed E-state index contributed by atoms with van der Waals surface area (Å²) < 4.78 is 11.1. The lowest BCUT2D eigenvalue weighted by Crippen LogP contribution is -2.38. The maximum Gasteiger partial charge on any atom is 0.119 e. The van der Waals surface area contributed by atoms with Gasteiger partial charge >= 0.3 is 0 Å². The zero-order chi connectivity index (χ0) is 13.5. The van der Waals surface area contributed by atoms with Gasteiger partial charge in [0.2, 0.25) is 0 Å². The predicted molar refractivity (Wildman–Crippen MR) is 76.5 cm³/mol. The van der Waals surface area contributed by atoms with Gasteiger partial charge in [0.05, 0.1) is 13.2 Å². The standard InChI is InChI=1S/C15H24N2O2/c1-13(16)12-14-2-4-15(5-3-14)19-11-8-17-6-9-18-10-7-17/h2-5,13H,6-12,16H2,1H3. The first-order chi connectivity index (χ1) is 9.24. The van der Waals surface area contributed by atoms with E-state index in [1.165, 1.54) is 5.56 Å². The molecule has 1 aliphatic rings. The van der Waals surface area contributed by atoms with E-state index in [1.807, 2.05) is 19.1 Å². The molecule has 2 N–H and O–H groups in total. The Balaban J connectivity index is 1.70. The van der Waals surface area contributed by atoms with Crippen molar-refractivity contribution in [3.63, 3.8) is 0 Å². The molecule has 4 heteroatoms. The van der Waals surface area contributed by atoms with Crippen molar-refractivity contribution < 1.29 is 9.47 Å². The smallest absolute Gasteiger partial charge is 0.119 e. The molecular weight excluding hydrogens is 240 g/mol. The SMILES string of the molecule is CC(N)Cc1ccc(OCCN2CCOCC2)cc1. The normalized spacial score (nSPS) is 18.2. The third-order valence-electron chi connectivity index (χ3n) is 3.26. The Labute approximate surface area is 115 Å². The van der Waals surface area contributed by atoms with Crippen molar-refractivity contribution in [1.29, 1.82) is 0 Å². The van der Waals surface area contributed by atoms with Crippen molar-refractivity contribution in [2.45, 2.75) is 19.4 Å². The molecule has 1 atom stereocenters. The molecule has 19 heavy (non-hydrogen) atoms. The van der Waals surface area contributed by atoms with Gasteiger partial charge in [0.15, 0.2) is 0 Å². The van der Waals surface area contributed by atoms with E-state index in [2.05, 4.69) is 17.0 Å². The molecule has 1 saturated heterocycles. The fourth-order valence-electron chi connectivity index (χ4n) is 2.21. The molecule has 1 fully saturated rings. The summed E-state index contributed by atoms with van der Waals surface area (Å²) >= 11 is 0. The maximum absolute atomic E-state index is 5.78. The van der Waals surface area contributed by atoms with Gasteiger partial charge in [-0.05, 0) is 31.0 Å². The van der Waals surface area contributed by atoms with Crippen LogP contribution in [-0.2, 0) is 11.2 Å². The number of hydrogen-bond donors (Lipinski definition) is 1. The highest BCUT2D eigenvalue weighted by Crippen LogP contribution is 2.13. The minimum absolute atomic E-state index is 0.202. The molecule has 1 aromatic rings. The average Bonchev–Trinajstić information content (AvgIpc) is 2.41. The summed E-state index contributed by atoms with van der Waals surface area (Å²) in [4.78, 5) is 2.37. The quantitative estimate of drug-likeness (QED) is 0.841. The summed E-state index contributed by atoms with van der Waals surface area (Å²) in [6.45, 7) is 7.41. The van der Waals surface area contributed by atoms with Crippen LogP contribution < -0.4 is 10.5 Å². The highest BCUT2D eigenvalue weighted by Gasteiger charge is 2.09. The summed E-state index contributed by atoms with van der Waals surface area (Å²) in [5.41, 5.74) is 7.04. The molecule has 1 aromatic carbocycles. The molecule has 0 amide bonds. The van der Waals surface area contributed by atoms with Gasteiger partial charge in [0, 0.05) is 25.7 Å². The Bertz CT molecular complexity index is 359. The third kappa shape index (κ3) is 5.19. The first-order valence-corrected chi connectivity index (χ1v) is 7.01. The Morgan fingerprint density at radius 3 is 2.58 bits per heavy atom. The number of nitrogens with two attached hydrogens (primary N) is 1. The topological polar surface area (TPSA) is 47.7 Å². The molecule has 4 nitrogen and oxygen atoms in total. The van der Waals surface area contributed by atoms with E-state index >= 15 is 0 Å². The largest absolute Gasteiger partial charge is 0.492 e. The predicted octanol–water partition coefficient (Wildman–Crippen LogP) is 1.29. The zero-order valence-corrected chi connectivity index (χ0v) is 11.7. The summed E-state index contributed by atoms with van der Waals surface area (Å²) in [6.07, 6.45) is 0.911. The van der Waals surface area contributed by atoms with Crippen molar-refractivity contribution in [1.82, 2.24) is 4.90 Å². The van der Waals surface area contributed by atoms with Crippen LogP contribution in [0.15, 0.2) is 24.3 Å². The van der Waals surface area contributed by atoms with Crippen LogP contribution in [0.3, 0.4) is 0 Å². The second kappa shape index (κ2) is 7.48. The van der Waals surface area contributed by atoms with Crippen molar-refractivity contribution in [3.05, 3.63) is 29.8 Å². The molecule has 0 bridgehead atoms. The molecule has 0 saturated carbocycles. The fourth-order valence-corrected chi connectivity index (χ4v) is 2.21. The van der Waals surface area contributed by atoms with Crippen LogP contribution >= 0.6 is 0 Å². The van der Waals surface area contributed by atoms with E-state index in [-0.39, 0.29) is 6.04 Å². The molecule has 1 unspecified atom stereocenters. The third-order valence-corrected chi connectivity index (χ3v) is 3.26. The van der Waals surface area contributed by atoms with E-state index in [0.717, 1.165) is 51.6 Å². The van der Waals surface area contributed by atoms with Crippen LogP contribution in [0.25, 0.3) is 0 Å². The van der Waals surface area contributed by atoms with Crippen LogP contribution in [0.2, 0.25) is 0 Å². The maximum atomic E-state index is 5.78. The van der Waals surface area contributed by atoms with E-state index in [4.69, 9.17) is 15.2 Å². The number of morpholine rings is 1. The highest BCUT2D eigenvalue weighted by atomic mass is 16.5. The Hall–Kier alpha value is -1.10. The Morgan fingerprint density at radius 2 is 1.95 bits per heavy atom. The van der Waals surface area contributed by atoms with Crippen LogP contribution in [0.1, 0.15) is 12.5 Å². The second-order valence-electron chi connectivity index (χ2n) is 5.13. The van der Waals surface area contributed by atoms with Crippen LogP contribution in [-0.4, -0.2) is 50.4 Å². The lowest BCUT2D eigenvalue weighted by Gasteiger charge is -2.26. The van der Waals surface area contributed by atoms with E-state index in [0.29, 0.717) is 0 Å². The summed E-state index contributed by atoms with van der Waals surface area (Å²) in [5.74, 6) is 0.932. The minimum Gasteiger partial charge on any atom is -0.492 e. The summed E-state index contributed by atoms with van der Waals surface area (Å²) in [7, 11) is 0. The van der Waals surface area contributed by atoms with Gasteiger partial charge in [-0.1, -0.05) is 12.1 Å². The van der Waals surface area contributed by atoms with Crippen molar-refractivity contribution in [2.24, 2.45) is 5.73 Å². The first-order valence-electron chi connectivity index (χ1n) is 7.01. The highest BCUT2D eigenvalue weighted by molar-refractivity contribution is 5.27. The molecule has 0 spiro atoms. The Morgan fingerprint density at radius 1 is 1.26 bits per heavy atom. The average molecular weight is 264 g/mol. The van der Waals surface area contributed by atoms with E-state index in [1.54, 1.807) is 0 Å². The number of rotatable bonds is 6. The molecule has 106 valence electrons. The van der Waals surface area contributed by atoms with Crippen molar-refractivity contribution in [2.75, 3.05) is 39.5 Å². The number of benzene rings is 1. The number of ether oxygens (including phenoxy) is 2. The molecule has 0 aromatic heterocycles. The molecule has 1 heterocycles. The van der Waals surface area contributed by atoms with Crippen molar-refractivity contribution in [3.8, 4) is 5.75 Å². The molecule has 0 radical (unpaired) electrons. The van der Waals surface area contributed by atoms with Gasteiger partial charge in [0.1, 0.15) is 12.4 Å². The minimum atomic E-state index is 0.202. The van der Waals surface area contributed by atoms with Gasteiger partial charge < -0.3 is 15.2 Å². The lowest BCUT2D eigenvalue weighted by atomic mass is 10.1. The Kier molecular flexibility index (Phi) is 5.63. The molecule has 1 aliphatic heterocycles. The number of nitrogens with zero attached hydrogens (tertiary/aromatic N) is 1. The van der Waals surface area contributed by atoms with Gasteiger partial charge in [-0.15, -0.1) is 0 Å². The molecule has 2 rings (SSSR count). The van der Waals surface area contributed by atoms with Crippen molar-refractivity contribution >= 4 is 0 Å². The molecular formula is C15H24N2O2. The monoisotopic (exact) mass is 264 g/mol. The fraction of sp³-hybridized carbons (Fsp3) is 0.600. The summed E-state index contributed by atoms with van der Waals surface area (Å²) in [5, 5.41) is 0.